The zero-order chi connectivity index (χ0) is 15.5. The van der Waals surface area contributed by atoms with E-state index in [-0.39, 0.29) is 6.10 Å². The maximum absolute atomic E-state index is 6.24. The predicted molar refractivity (Wildman–Crippen MR) is 85.9 cm³/mol. The van der Waals surface area contributed by atoms with Gasteiger partial charge in [-0.1, -0.05) is 35.0 Å². The Kier molecular flexibility index (Phi) is 4.11. The first-order chi connectivity index (χ1) is 10.6. The van der Waals surface area contributed by atoms with E-state index in [1.807, 2.05) is 56.3 Å². The summed E-state index contributed by atoms with van der Waals surface area (Å²) in [5.74, 6) is 1.62. The molecule has 0 amide bonds. The molecule has 0 aliphatic carbocycles. The van der Waals surface area contributed by atoms with Crippen molar-refractivity contribution in [2.45, 2.75) is 20.0 Å². The Morgan fingerprint density at radius 3 is 2.50 bits per heavy atom. The van der Waals surface area contributed by atoms with Crippen molar-refractivity contribution in [1.29, 1.82) is 0 Å². The van der Waals surface area contributed by atoms with Gasteiger partial charge in [0, 0.05) is 11.1 Å². The van der Waals surface area contributed by atoms with Crippen molar-refractivity contribution in [3.63, 3.8) is 0 Å². The Morgan fingerprint density at radius 2 is 1.82 bits per heavy atom. The minimum atomic E-state index is 0.0678. The van der Waals surface area contributed by atoms with Crippen LogP contribution >= 0.6 is 11.6 Å². The van der Waals surface area contributed by atoms with Crippen molar-refractivity contribution >= 4 is 11.6 Å². The molecule has 0 saturated heterocycles. The van der Waals surface area contributed by atoms with Crippen LogP contribution in [0.25, 0.3) is 22.8 Å². The highest BCUT2D eigenvalue weighted by Gasteiger charge is 2.12. The zero-order valence-electron chi connectivity index (χ0n) is 12.3. The van der Waals surface area contributed by atoms with Gasteiger partial charge in [0.05, 0.1) is 11.1 Å². The summed E-state index contributed by atoms with van der Waals surface area (Å²) in [5.41, 5.74) is 1.67. The van der Waals surface area contributed by atoms with E-state index in [0.29, 0.717) is 22.5 Å². The number of ether oxygens (including phenoxy) is 1. The van der Waals surface area contributed by atoms with Gasteiger partial charge in [0.25, 0.3) is 5.89 Å². The molecule has 0 bridgehead atoms. The molecule has 0 fully saturated rings. The van der Waals surface area contributed by atoms with E-state index in [0.717, 1.165) is 11.1 Å². The maximum Gasteiger partial charge on any atom is 0.258 e. The van der Waals surface area contributed by atoms with Gasteiger partial charge in [-0.25, -0.2) is 0 Å². The lowest BCUT2D eigenvalue weighted by molar-refractivity contribution is 0.242. The Hall–Kier alpha value is -2.33. The van der Waals surface area contributed by atoms with Crippen LogP contribution in [0, 0.1) is 0 Å². The number of benzene rings is 2. The van der Waals surface area contributed by atoms with Crippen LogP contribution in [0.2, 0.25) is 5.02 Å². The van der Waals surface area contributed by atoms with Crippen LogP contribution in [0.4, 0.5) is 0 Å². The molecule has 0 aliphatic rings. The normalized spacial score (nSPS) is 10.9. The van der Waals surface area contributed by atoms with Gasteiger partial charge in [-0.2, -0.15) is 4.98 Å². The summed E-state index contributed by atoms with van der Waals surface area (Å²) in [5, 5.41) is 4.53. The van der Waals surface area contributed by atoms with Crippen LogP contribution in [0.5, 0.6) is 5.75 Å². The predicted octanol–water partition coefficient (Wildman–Crippen LogP) is 4.84. The minimum absolute atomic E-state index is 0.0678. The van der Waals surface area contributed by atoms with E-state index in [2.05, 4.69) is 10.1 Å². The first-order valence-electron chi connectivity index (χ1n) is 6.99. The summed E-state index contributed by atoms with van der Waals surface area (Å²) in [6.45, 7) is 3.91. The van der Waals surface area contributed by atoms with Crippen molar-refractivity contribution in [3.05, 3.63) is 53.6 Å². The SMILES string of the molecule is CC(C)Oc1ccc(-c2noc(-c3ccccc3)n2)cc1Cl. The molecule has 22 heavy (non-hydrogen) atoms. The van der Waals surface area contributed by atoms with Gasteiger partial charge in [0.15, 0.2) is 0 Å². The van der Waals surface area contributed by atoms with Crippen LogP contribution in [0.1, 0.15) is 13.8 Å². The highest BCUT2D eigenvalue weighted by molar-refractivity contribution is 6.32. The highest BCUT2D eigenvalue weighted by atomic mass is 35.5. The van der Waals surface area contributed by atoms with Crippen LogP contribution < -0.4 is 4.74 Å². The summed E-state index contributed by atoms with van der Waals surface area (Å²) < 4.78 is 10.9. The standard InChI is InChI=1S/C17H15ClN2O2/c1-11(2)21-15-9-8-13(10-14(15)18)16-19-17(22-20-16)12-6-4-3-5-7-12/h3-11H,1-2H3. The van der Waals surface area contributed by atoms with Gasteiger partial charge in [0.1, 0.15) is 5.75 Å². The molecule has 0 N–H and O–H groups in total. The fourth-order valence-corrected chi connectivity index (χ4v) is 2.25. The summed E-state index contributed by atoms with van der Waals surface area (Å²) >= 11 is 6.24. The second-order valence-electron chi connectivity index (χ2n) is 5.10. The number of nitrogens with zero attached hydrogens (tertiary/aromatic N) is 2. The lowest BCUT2D eigenvalue weighted by Gasteiger charge is -2.11. The molecule has 3 aromatic rings. The molecule has 0 radical (unpaired) electrons. The van der Waals surface area contributed by atoms with Crippen LogP contribution in [-0.2, 0) is 0 Å². The first kappa shape index (κ1) is 14.6. The lowest BCUT2D eigenvalue weighted by Crippen LogP contribution is -2.05. The Bertz CT molecular complexity index is 769. The van der Waals surface area contributed by atoms with E-state index in [9.17, 15) is 0 Å². The third-order valence-electron chi connectivity index (χ3n) is 3.00. The highest BCUT2D eigenvalue weighted by Crippen LogP contribution is 2.30. The minimum Gasteiger partial charge on any atom is -0.489 e. The van der Waals surface area contributed by atoms with Gasteiger partial charge in [-0.15, -0.1) is 0 Å². The molecule has 1 heterocycles. The molecule has 5 heteroatoms. The molecule has 1 aromatic heterocycles. The Morgan fingerprint density at radius 1 is 1.05 bits per heavy atom. The smallest absolute Gasteiger partial charge is 0.258 e. The third kappa shape index (κ3) is 3.12. The number of aromatic nitrogens is 2. The van der Waals surface area contributed by atoms with Crippen molar-refractivity contribution in [1.82, 2.24) is 10.1 Å². The number of halogens is 1. The van der Waals surface area contributed by atoms with Crippen molar-refractivity contribution in [2.24, 2.45) is 0 Å². The molecule has 0 unspecified atom stereocenters. The molecular formula is C17H15ClN2O2. The van der Waals surface area contributed by atoms with E-state index in [1.165, 1.54) is 0 Å². The van der Waals surface area contributed by atoms with Crippen LogP contribution in [-0.4, -0.2) is 16.2 Å². The van der Waals surface area contributed by atoms with E-state index in [4.69, 9.17) is 20.9 Å². The van der Waals surface area contributed by atoms with Crippen molar-refractivity contribution in [2.75, 3.05) is 0 Å². The summed E-state index contributed by atoms with van der Waals surface area (Å²) in [6.07, 6.45) is 0.0678. The van der Waals surface area contributed by atoms with E-state index >= 15 is 0 Å². The van der Waals surface area contributed by atoms with Gasteiger partial charge >= 0.3 is 0 Å². The van der Waals surface area contributed by atoms with Gasteiger partial charge in [0.2, 0.25) is 5.82 Å². The Labute approximate surface area is 133 Å². The molecule has 0 spiro atoms. The fraction of sp³-hybridized carbons (Fsp3) is 0.176. The molecule has 0 atom stereocenters. The molecular weight excluding hydrogens is 300 g/mol. The third-order valence-corrected chi connectivity index (χ3v) is 3.29. The quantitative estimate of drug-likeness (QED) is 0.691. The maximum atomic E-state index is 6.24. The second-order valence-corrected chi connectivity index (χ2v) is 5.51. The largest absolute Gasteiger partial charge is 0.489 e. The lowest BCUT2D eigenvalue weighted by atomic mass is 10.2. The summed E-state index contributed by atoms with van der Waals surface area (Å²) in [6, 6.07) is 15.1. The average Bonchev–Trinajstić information content (AvgIpc) is 3.00. The number of hydrogen-bond acceptors (Lipinski definition) is 4. The number of rotatable bonds is 4. The van der Waals surface area contributed by atoms with Crippen LogP contribution in [0.3, 0.4) is 0 Å². The summed E-state index contributed by atoms with van der Waals surface area (Å²) in [4.78, 5) is 4.41. The first-order valence-corrected chi connectivity index (χ1v) is 7.37. The molecule has 112 valence electrons. The molecule has 3 rings (SSSR count). The van der Waals surface area contributed by atoms with Gasteiger partial charge < -0.3 is 9.26 Å². The average molecular weight is 315 g/mol. The van der Waals surface area contributed by atoms with E-state index in [1.54, 1.807) is 6.07 Å². The second kappa shape index (κ2) is 6.20. The number of hydrogen-bond donors (Lipinski definition) is 0. The van der Waals surface area contributed by atoms with Crippen molar-refractivity contribution in [3.8, 4) is 28.6 Å². The molecule has 2 aromatic carbocycles. The van der Waals surface area contributed by atoms with Gasteiger partial charge in [-0.3, -0.25) is 0 Å². The van der Waals surface area contributed by atoms with Crippen molar-refractivity contribution < 1.29 is 9.26 Å². The molecule has 0 saturated carbocycles. The zero-order valence-corrected chi connectivity index (χ0v) is 13.0. The van der Waals surface area contributed by atoms with E-state index < -0.39 is 0 Å². The van der Waals surface area contributed by atoms with Gasteiger partial charge in [-0.05, 0) is 44.2 Å². The Balaban J connectivity index is 1.89. The van der Waals surface area contributed by atoms with Crippen LogP contribution in [0.15, 0.2) is 53.1 Å². The summed E-state index contributed by atoms with van der Waals surface area (Å²) in [7, 11) is 0. The monoisotopic (exact) mass is 314 g/mol. The fourth-order valence-electron chi connectivity index (χ4n) is 2.03. The topological polar surface area (TPSA) is 48.2 Å². The molecule has 0 aliphatic heterocycles. The molecule has 4 nitrogen and oxygen atoms in total.